The van der Waals surface area contributed by atoms with E-state index < -0.39 is 0 Å². The largest absolute Gasteiger partial charge is 0.496 e. The Labute approximate surface area is 87.4 Å². The lowest BCUT2D eigenvalue weighted by Crippen LogP contribution is -2.02. The van der Waals surface area contributed by atoms with Gasteiger partial charge < -0.3 is 4.74 Å². The first-order valence-electron chi connectivity index (χ1n) is 5.15. The molecule has 2 heteroatoms. The molecule has 80 valence electrons. The second-order valence-electron chi connectivity index (χ2n) is 3.25. The molecular formula is C12H21NO. The third kappa shape index (κ3) is 4.85. The van der Waals surface area contributed by atoms with Crippen LogP contribution in [-0.2, 0) is 4.74 Å². The minimum absolute atomic E-state index is 0.427. The molecule has 0 heterocycles. The highest BCUT2D eigenvalue weighted by molar-refractivity contribution is 5.92. The number of nitrogens with zero attached hydrogens (tertiary/aromatic N) is 1. The molecule has 0 aliphatic carbocycles. The molecule has 1 atom stereocenters. The Bertz CT molecular complexity index is 228. The minimum atomic E-state index is 0.427. The van der Waals surface area contributed by atoms with Crippen molar-refractivity contribution in [3.05, 3.63) is 24.6 Å². The Balaban J connectivity index is 4.54. The molecule has 0 saturated heterocycles. The first kappa shape index (κ1) is 12.9. The van der Waals surface area contributed by atoms with Crippen molar-refractivity contribution in [2.75, 3.05) is 6.61 Å². The molecule has 1 unspecified atom stereocenters. The van der Waals surface area contributed by atoms with E-state index in [9.17, 15) is 0 Å². The van der Waals surface area contributed by atoms with Crippen molar-refractivity contribution in [2.24, 2.45) is 10.9 Å². The number of hydrogen-bond acceptors (Lipinski definition) is 2. The second-order valence-corrected chi connectivity index (χ2v) is 3.25. The van der Waals surface area contributed by atoms with Crippen LogP contribution < -0.4 is 0 Å². The molecule has 0 fully saturated rings. The molecule has 0 aromatic carbocycles. The Morgan fingerprint density at radius 3 is 2.57 bits per heavy atom. The van der Waals surface area contributed by atoms with Crippen LogP contribution in [0.4, 0.5) is 0 Å². The summed E-state index contributed by atoms with van der Waals surface area (Å²) in [6.07, 6.45) is 4.60. The molecule has 0 rings (SSSR count). The van der Waals surface area contributed by atoms with Crippen molar-refractivity contribution in [1.29, 1.82) is 0 Å². The molecule has 0 amide bonds. The van der Waals surface area contributed by atoms with E-state index in [2.05, 4.69) is 25.4 Å². The highest BCUT2D eigenvalue weighted by atomic mass is 16.5. The third-order valence-electron chi connectivity index (χ3n) is 2.10. The van der Waals surface area contributed by atoms with E-state index in [1.54, 1.807) is 12.3 Å². The maximum absolute atomic E-state index is 5.51. The SMILES string of the molecule is C=C/C(C)=N\C=C(\OCC)C(C)CC. The average Bonchev–Trinajstić information content (AvgIpc) is 2.22. The Kier molecular flexibility index (Phi) is 6.81. The number of hydrogen-bond donors (Lipinski definition) is 0. The van der Waals surface area contributed by atoms with Gasteiger partial charge >= 0.3 is 0 Å². The molecule has 0 saturated carbocycles. The second kappa shape index (κ2) is 7.36. The fourth-order valence-electron chi connectivity index (χ4n) is 0.893. The number of ether oxygens (including phenoxy) is 1. The van der Waals surface area contributed by atoms with Crippen molar-refractivity contribution < 1.29 is 4.74 Å². The molecule has 14 heavy (non-hydrogen) atoms. The zero-order valence-corrected chi connectivity index (χ0v) is 9.71. The van der Waals surface area contributed by atoms with Crippen molar-refractivity contribution in [2.45, 2.75) is 34.1 Å². The van der Waals surface area contributed by atoms with Gasteiger partial charge in [0.2, 0.25) is 0 Å². The smallest absolute Gasteiger partial charge is 0.117 e. The summed E-state index contributed by atoms with van der Waals surface area (Å²) >= 11 is 0. The highest BCUT2D eigenvalue weighted by Crippen LogP contribution is 2.15. The molecule has 0 N–H and O–H groups in total. The van der Waals surface area contributed by atoms with Crippen LogP contribution in [0.25, 0.3) is 0 Å². The first-order chi connectivity index (χ1) is 6.65. The summed E-state index contributed by atoms with van der Waals surface area (Å²) in [5.41, 5.74) is 0.908. The van der Waals surface area contributed by atoms with Crippen LogP contribution >= 0.6 is 0 Å². The summed E-state index contributed by atoms with van der Waals surface area (Å²) in [7, 11) is 0. The summed E-state index contributed by atoms with van der Waals surface area (Å²) in [5.74, 6) is 1.38. The lowest BCUT2D eigenvalue weighted by atomic mass is 10.1. The quantitative estimate of drug-likeness (QED) is 0.469. The maximum Gasteiger partial charge on any atom is 0.117 e. The fraction of sp³-hybridized carbons (Fsp3) is 0.583. The van der Waals surface area contributed by atoms with Crippen LogP contribution in [0.3, 0.4) is 0 Å². The van der Waals surface area contributed by atoms with Crippen molar-refractivity contribution in [3.8, 4) is 0 Å². The first-order valence-corrected chi connectivity index (χ1v) is 5.15. The topological polar surface area (TPSA) is 21.6 Å². The molecule has 0 radical (unpaired) electrons. The van der Waals surface area contributed by atoms with Crippen LogP contribution in [0.5, 0.6) is 0 Å². The highest BCUT2D eigenvalue weighted by Gasteiger charge is 2.06. The van der Waals surface area contributed by atoms with E-state index in [4.69, 9.17) is 4.74 Å². The van der Waals surface area contributed by atoms with Crippen LogP contribution in [0.2, 0.25) is 0 Å². The van der Waals surface area contributed by atoms with Crippen LogP contribution in [0.15, 0.2) is 29.6 Å². The zero-order valence-electron chi connectivity index (χ0n) is 9.71. The molecule has 2 nitrogen and oxygen atoms in total. The van der Waals surface area contributed by atoms with Gasteiger partial charge in [-0.1, -0.05) is 20.4 Å². The molecule has 0 bridgehead atoms. The van der Waals surface area contributed by atoms with Gasteiger partial charge in [-0.15, -0.1) is 0 Å². The molecular weight excluding hydrogens is 174 g/mol. The summed E-state index contributed by atoms with van der Waals surface area (Å²) in [5, 5.41) is 0. The Hall–Kier alpha value is -1.05. The lowest BCUT2D eigenvalue weighted by molar-refractivity contribution is 0.193. The van der Waals surface area contributed by atoms with Gasteiger partial charge in [0.25, 0.3) is 0 Å². The molecule has 0 aliphatic rings. The third-order valence-corrected chi connectivity index (χ3v) is 2.10. The van der Waals surface area contributed by atoms with E-state index in [1.165, 1.54) is 0 Å². The van der Waals surface area contributed by atoms with E-state index in [0.717, 1.165) is 17.9 Å². The summed E-state index contributed by atoms with van der Waals surface area (Å²) < 4.78 is 5.51. The van der Waals surface area contributed by atoms with E-state index in [-0.39, 0.29) is 0 Å². The van der Waals surface area contributed by atoms with Crippen LogP contribution in [-0.4, -0.2) is 12.3 Å². The van der Waals surface area contributed by atoms with Gasteiger partial charge in [-0.25, -0.2) is 0 Å². The lowest BCUT2D eigenvalue weighted by Gasteiger charge is -2.13. The normalized spacial score (nSPS) is 15.1. The fourth-order valence-corrected chi connectivity index (χ4v) is 0.893. The number of aliphatic imine (C=N–C) groups is 1. The van der Waals surface area contributed by atoms with Gasteiger partial charge in [-0.05, 0) is 26.3 Å². The summed E-state index contributed by atoms with van der Waals surface area (Å²) in [6, 6.07) is 0. The Morgan fingerprint density at radius 2 is 2.14 bits per heavy atom. The minimum Gasteiger partial charge on any atom is -0.496 e. The van der Waals surface area contributed by atoms with Gasteiger partial charge in [0.15, 0.2) is 0 Å². The van der Waals surface area contributed by atoms with Crippen molar-refractivity contribution in [3.63, 3.8) is 0 Å². The maximum atomic E-state index is 5.51. The van der Waals surface area contributed by atoms with Crippen LogP contribution in [0.1, 0.15) is 34.1 Å². The molecule has 0 aliphatic heterocycles. The predicted molar refractivity (Wildman–Crippen MR) is 62.5 cm³/mol. The Morgan fingerprint density at radius 1 is 1.50 bits per heavy atom. The summed E-state index contributed by atoms with van der Waals surface area (Å²) in [6.45, 7) is 12.5. The predicted octanol–water partition coefficient (Wildman–Crippen LogP) is 3.56. The van der Waals surface area contributed by atoms with Crippen molar-refractivity contribution in [1.82, 2.24) is 0 Å². The van der Waals surface area contributed by atoms with Gasteiger partial charge in [-0.3, -0.25) is 4.99 Å². The number of rotatable bonds is 6. The van der Waals surface area contributed by atoms with Gasteiger partial charge in [0.05, 0.1) is 12.8 Å². The van der Waals surface area contributed by atoms with Gasteiger partial charge in [-0.2, -0.15) is 0 Å². The van der Waals surface area contributed by atoms with Gasteiger partial charge in [0.1, 0.15) is 5.76 Å². The molecule has 0 aromatic heterocycles. The monoisotopic (exact) mass is 195 g/mol. The zero-order chi connectivity index (χ0) is 11.0. The number of allylic oxidation sites excluding steroid dienone is 2. The van der Waals surface area contributed by atoms with E-state index in [1.807, 2.05) is 13.8 Å². The average molecular weight is 195 g/mol. The van der Waals surface area contributed by atoms with E-state index >= 15 is 0 Å². The van der Waals surface area contributed by atoms with Crippen molar-refractivity contribution >= 4 is 5.71 Å². The summed E-state index contributed by atoms with van der Waals surface area (Å²) in [4.78, 5) is 4.24. The molecule has 0 aromatic rings. The molecule has 0 spiro atoms. The van der Waals surface area contributed by atoms with Crippen LogP contribution in [0, 0.1) is 5.92 Å². The van der Waals surface area contributed by atoms with Gasteiger partial charge in [0, 0.05) is 11.6 Å². The standard InChI is InChI=1S/C12H21NO/c1-6-10(4)12(14-8-3)9-13-11(5)7-2/h7,9-10H,2,6,8H2,1,3-5H3/b12-9+,13-11-. The van der Waals surface area contributed by atoms with E-state index in [0.29, 0.717) is 12.5 Å².